The fourth-order valence-electron chi connectivity index (χ4n) is 2.03. The van der Waals surface area contributed by atoms with Gasteiger partial charge in [-0.05, 0) is 19.4 Å². The van der Waals surface area contributed by atoms with Crippen LogP contribution in [0.2, 0.25) is 0 Å². The lowest BCUT2D eigenvalue weighted by Crippen LogP contribution is -2.35. The van der Waals surface area contributed by atoms with Gasteiger partial charge < -0.3 is 5.73 Å². The predicted molar refractivity (Wildman–Crippen MR) is 73.3 cm³/mol. The minimum atomic E-state index is -3.73. The van der Waals surface area contributed by atoms with E-state index in [1.54, 1.807) is 0 Å². The lowest BCUT2D eigenvalue weighted by molar-refractivity contribution is 0.560. The molecule has 20 heavy (non-hydrogen) atoms. The van der Waals surface area contributed by atoms with Crippen molar-refractivity contribution in [2.45, 2.75) is 30.3 Å². The molecule has 1 aliphatic heterocycles. The van der Waals surface area contributed by atoms with E-state index in [9.17, 15) is 16.8 Å². The van der Waals surface area contributed by atoms with Gasteiger partial charge in [-0.3, -0.25) is 4.68 Å². The maximum atomic E-state index is 12.1. The molecule has 1 aliphatic rings. The van der Waals surface area contributed by atoms with Gasteiger partial charge in [0.25, 0.3) is 0 Å². The molecular formula is C10H18N4O4S2. The Bertz CT molecular complexity index is 665. The molecule has 0 spiro atoms. The molecule has 1 aromatic rings. The first-order valence-electron chi connectivity index (χ1n) is 6.28. The van der Waals surface area contributed by atoms with Crippen LogP contribution in [-0.2, 0) is 26.4 Å². The third kappa shape index (κ3) is 3.78. The van der Waals surface area contributed by atoms with Crippen molar-refractivity contribution in [1.82, 2.24) is 14.5 Å². The number of hydrogen-bond acceptors (Lipinski definition) is 6. The second kappa shape index (κ2) is 5.80. The van der Waals surface area contributed by atoms with Crippen LogP contribution in [-0.4, -0.2) is 50.7 Å². The lowest BCUT2D eigenvalue weighted by Gasteiger charge is -2.09. The summed E-state index contributed by atoms with van der Waals surface area (Å²) in [7, 11) is -6.85. The number of nitrogens with two attached hydrogens (primary N) is 1. The molecule has 2 rings (SSSR count). The van der Waals surface area contributed by atoms with Crippen LogP contribution in [0.1, 0.15) is 12.8 Å². The summed E-state index contributed by atoms with van der Waals surface area (Å²) in [6.07, 6.45) is 3.68. The molecule has 0 amide bonds. The standard InChI is InChI=1S/C10H18N4O4S2/c11-3-1-4-14-7-10(6-12-14)20(17,18)13-9-2-5-19(15,16)8-9/h6-7,9,13H,1-5,8,11H2. The summed E-state index contributed by atoms with van der Waals surface area (Å²) in [4.78, 5) is 0.0406. The number of aryl methyl sites for hydroxylation is 1. The third-order valence-electron chi connectivity index (χ3n) is 3.07. The van der Waals surface area contributed by atoms with E-state index < -0.39 is 25.9 Å². The van der Waals surface area contributed by atoms with Crippen molar-refractivity contribution in [3.05, 3.63) is 12.4 Å². The second-order valence-corrected chi connectivity index (χ2v) is 8.75. The SMILES string of the molecule is NCCCn1cc(S(=O)(=O)NC2CCS(=O)(=O)C2)cn1. The van der Waals surface area contributed by atoms with Crippen molar-refractivity contribution < 1.29 is 16.8 Å². The van der Waals surface area contributed by atoms with E-state index in [1.165, 1.54) is 17.1 Å². The molecule has 1 saturated heterocycles. The van der Waals surface area contributed by atoms with Gasteiger partial charge in [-0.1, -0.05) is 0 Å². The smallest absolute Gasteiger partial charge is 0.243 e. The average Bonchev–Trinajstić information content (AvgIpc) is 2.93. The number of nitrogens with one attached hydrogen (secondary N) is 1. The Hall–Kier alpha value is -0.970. The number of hydrogen-bond donors (Lipinski definition) is 2. The Kier molecular flexibility index (Phi) is 4.47. The molecule has 1 unspecified atom stereocenters. The zero-order chi connectivity index (χ0) is 14.8. The molecule has 0 saturated carbocycles. The average molecular weight is 322 g/mol. The fraction of sp³-hybridized carbons (Fsp3) is 0.700. The van der Waals surface area contributed by atoms with Gasteiger partial charge in [-0.15, -0.1) is 0 Å². The molecule has 0 aromatic carbocycles. The molecular weight excluding hydrogens is 304 g/mol. The molecule has 0 radical (unpaired) electrons. The van der Waals surface area contributed by atoms with E-state index in [2.05, 4.69) is 9.82 Å². The van der Waals surface area contributed by atoms with E-state index in [0.717, 1.165) is 0 Å². The molecule has 0 bridgehead atoms. The number of sulfone groups is 1. The van der Waals surface area contributed by atoms with E-state index in [1.807, 2.05) is 0 Å². The summed E-state index contributed by atoms with van der Waals surface area (Å²) >= 11 is 0. The van der Waals surface area contributed by atoms with E-state index in [-0.39, 0.29) is 16.4 Å². The summed E-state index contributed by atoms with van der Waals surface area (Å²) in [5, 5.41) is 3.95. The number of nitrogens with zero attached hydrogens (tertiary/aromatic N) is 2. The largest absolute Gasteiger partial charge is 0.330 e. The predicted octanol–water partition coefficient (Wildman–Crippen LogP) is -1.30. The Morgan fingerprint density at radius 2 is 2.25 bits per heavy atom. The normalized spacial score (nSPS) is 22.1. The van der Waals surface area contributed by atoms with Crippen molar-refractivity contribution in [3.8, 4) is 0 Å². The van der Waals surface area contributed by atoms with Crippen LogP contribution in [0.5, 0.6) is 0 Å². The van der Waals surface area contributed by atoms with Crippen LogP contribution in [0, 0.1) is 0 Å². The van der Waals surface area contributed by atoms with Gasteiger partial charge in [-0.2, -0.15) is 5.10 Å². The Balaban J connectivity index is 2.05. The van der Waals surface area contributed by atoms with Crippen molar-refractivity contribution in [2.24, 2.45) is 5.73 Å². The van der Waals surface area contributed by atoms with E-state index in [4.69, 9.17) is 5.73 Å². The third-order valence-corrected chi connectivity index (χ3v) is 6.31. The van der Waals surface area contributed by atoms with Crippen LogP contribution in [0.15, 0.2) is 17.3 Å². The van der Waals surface area contributed by atoms with Gasteiger partial charge in [0.2, 0.25) is 10.0 Å². The highest BCUT2D eigenvalue weighted by Gasteiger charge is 2.31. The van der Waals surface area contributed by atoms with Crippen LogP contribution in [0.25, 0.3) is 0 Å². The zero-order valence-electron chi connectivity index (χ0n) is 10.9. The minimum Gasteiger partial charge on any atom is -0.330 e. The maximum Gasteiger partial charge on any atom is 0.243 e. The highest BCUT2D eigenvalue weighted by molar-refractivity contribution is 7.92. The van der Waals surface area contributed by atoms with Crippen LogP contribution < -0.4 is 10.5 Å². The molecule has 8 nitrogen and oxygen atoms in total. The van der Waals surface area contributed by atoms with Gasteiger partial charge in [-0.25, -0.2) is 21.6 Å². The topological polar surface area (TPSA) is 124 Å². The first-order chi connectivity index (χ1) is 9.32. The summed E-state index contributed by atoms with van der Waals surface area (Å²) in [5.41, 5.74) is 5.37. The molecule has 2 heterocycles. The van der Waals surface area contributed by atoms with Gasteiger partial charge in [0.05, 0.1) is 17.7 Å². The van der Waals surface area contributed by atoms with Gasteiger partial charge in [0.1, 0.15) is 4.90 Å². The molecule has 1 aromatic heterocycles. The molecule has 1 fully saturated rings. The number of rotatable bonds is 6. The highest BCUT2D eigenvalue weighted by Crippen LogP contribution is 2.15. The van der Waals surface area contributed by atoms with Gasteiger partial charge >= 0.3 is 0 Å². The quantitative estimate of drug-likeness (QED) is 0.670. The molecule has 10 heteroatoms. The van der Waals surface area contributed by atoms with Crippen molar-refractivity contribution >= 4 is 19.9 Å². The maximum absolute atomic E-state index is 12.1. The summed E-state index contributed by atoms with van der Waals surface area (Å²) in [6.45, 7) is 1.05. The van der Waals surface area contributed by atoms with Crippen molar-refractivity contribution in [1.29, 1.82) is 0 Å². The summed E-state index contributed by atoms with van der Waals surface area (Å²) in [6, 6.07) is -0.558. The second-order valence-electron chi connectivity index (χ2n) is 4.80. The number of aromatic nitrogens is 2. The van der Waals surface area contributed by atoms with Crippen molar-refractivity contribution in [3.63, 3.8) is 0 Å². The minimum absolute atomic E-state index is 0.0238. The first kappa shape index (κ1) is 15.4. The van der Waals surface area contributed by atoms with Crippen LogP contribution in [0.3, 0.4) is 0 Å². The Labute approximate surface area is 118 Å². The lowest BCUT2D eigenvalue weighted by atomic mass is 10.3. The molecule has 114 valence electrons. The van der Waals surface area contributed by atoms with Gasteiger partial charge in [0.15, 0.2) is 9.84 Å². The molecule has 0 aliphatic carbocycles. The van der Waals surface area contributed by atoms with E-state index >= 15 is 0 Å². The fourth-order valence-corrected chi connectivity index (χ4v) is 5.04. The number of sulfonamides is 1. The highest BCUT2D eigenvalue weighted by atomic mass is 32.2. The Morgan fingerprint density at radius 3 is 2.85 bits per heavy atom. The monoisotopic (exact) mass is 322 g/mol. The van der Waals surface area contributed by atoms with Crippen LogP contribution in [0.4, 0.5) is 0 Å². The van der Waals surface area contributed by atoms with Crippen LogP contribution >= 0.6 is 0 Å². The van der Waals surface area contributed by atoms with E-state index in [0.29, 0.717) is 25.9 Å². The van der Waals surface area contributed by atoms with Crippen molar-refractivity contribution in [2.75, 3.05) is 18.1 Å². The summed E-state index contributed by atoms with van der Waals surface area (Å²) < 4.78 is 50.8. The zero-order valence-corrected chi connectivity index (χ0v) is 12.5. The molecule has 1 atom stereocenters. The summed E-state index contributed by atoms with van der Waals surface area (Å²) in [5.74, 6) is -0.122. The first-order valence-corrected chi connectivity index (χ1v) is 9.58. The Morgan fingerprint density at radius 1 is 1.50 bits per heavy atom. The van der Waals surface area contributed by atoms with Gasteiger partial charge in [0, 0.05) is 18.8 Å². The molecule has 3 N–H and O–H groups in total.